The number of aliphatic carboxylic acids is 1. The number of alkyl carbamates (subject to hydrolysis) is 1. The van der Waals surface area contributed by atoms with Crippen LogP contribution < -0.4 is 16.0 Å². The quantitative estimate of drug-likeness (QED) is 0.267. The largest absolute Gasteiger partial charge is 0.481 e. The van der Waals surface area contributed by atoms with Gasteiger partial charge in [0.25, 0.3) is 0 Å². The highest BCUT2D eigenvalue weighted by Crippen LogP contribution is 2.09. The lowest BCUT2D eigenvalue weighted by Gasteiger charge is -2.25. The van der Waals surface area contributed by atoms with Crippen molar-refractivity contribution in [1.82, 2.24) is 16.0 Å². The van der Waals surface area contributed by atoms with Crippen LogP contribution in [0.25, 0.3) is 0 Å². The van der Waals surface area contributed by atoms with Crippen molar-refractivity contribution < 1.29 is 42.6 Å². The molecule has 0 aromatic heterocycles. The van der Waals surface area contributed by atoms with Crippen LogP contribution in [0.2, 0.25) is 0 Å². The fourth-order valence-corrected chi connectivity index (χ4v) is 2.56. The van der Waals surface area contributed by atoms with E-state index < -0.39 is 61.3 Å². The molecule has 0 heterocycles. The van der Waals surface area contributed by atoms with Crippen LogP contribution in [0, 0.1) is 11.8 Å². The molecule has 0 fully saturated rings. The average Bonchev–Trinajstić information content (AvgIpc) is 2.67. The van der Waals surface area contributed by atoms with Gasteiger partial charge < -0.3 is 30.6 Å². The molecule has 12 heteroatoms. The Morgan fingerprint density at radius 3 is 1.97 bits per heavy atom. The van der Waals surface area contributed by atoms with Gasteiger partial charge in [0, 0.05) is 12.8 Å². The van der Waals surface area contributed by atoms with Gasteiger partial charge in [-0.15, -0.1) is 0 Å². The number of carbonyl (C=O) groups is 5. The predicted octanol–water partition coefficient (Wildman–Crippen LogP) is 1.47. The van der Waals surface area contributed by atoms with Crippen molar-refractivity contribution in [2.24, 2.45) is 11.8 Å². The predicted molar refractivity (Wildman–Crippen MR) is 110 cm³/mol. The topological polar surface area (TPSA) is 151 Å². The van der Waals surface area contributed by atoms with Gasteiger partial charge in [-0.05, 0) is 24.7 Å². The molecule has 0 aromatic carbocycles. The number of aldehydes is 1. The number of carboxylic acids is 1. The molecule has 0 spiro atoms. The first-order chi connectivity index (χ1) is 14.8. The Morgan fingerprint density at radius 1 is 0.906 bits per heavy atom. The van der Waals surface area contributed by atoms with Gasteiger partial charge in [0.05, 0.1) is 12.6 Å². The molecule has 0 aliphatic carbocycles. The Hall–Kier alpha value is -2.79. The van der Waals surface area contributed by atoms with E-state index in [9.17, 15) is 32.8 Å². The van der Waals surface area contributed by atoms with Gasteiger partial charge in [0.2, 0.25) is 18.2 Å². The highest BCUT2D eigenvalue weighted by atomic mass is 19.3. The Morgan fingerprint density at radius 2 is 1.50 bits per heavy atom. The maximum atomic E-state index is 12.7. The molecular formula is C20H33F2N3O7. The molecule has 0 aliphatic heterocycles. The molecular weight excluding hydrogens is 432 g/mol. The van der Waals surface area contributed by atoms with Crippen LogP contribution in [-0.4, -0.2) is 66.4 Å². The van der Waals surface area contributed by atoms with E-state index in [0.29, 0.717) is 0 Å². The van der Waals surface area contributed by atoms with Crippen molar-refractivity contribution in [3.05, 3.63) is 0 Å². The number of hydrogen-bond acceptors (Lipinski definition) is 6. The molecule has 0 saturated heterocycles. The summed E-state index contributed by atoms with van der Waals surface area (Å²) in [6, 6.07) is -3.93. The minimum absolute atomic E-state index is 0.0326. The third-order valence-corrected chi connectivity index (χ3v) is 4.07. The fourth-order valence-electron chi connectivity index (χ4n) is 2.56. The van der Waals surface area contributed by atoms with E-state index in [2.05, 4.69) is 16.0 Å². The summed E-state index contributed by atoms with van der Waals surface area (Å²) in [6.07, 6.45) is -5.03. The highest BCUT2D eigenvalue weighted by Gasteiger charge is 2.29. The van der Waals surface area contributed by atoms with Gasteiger partial charge >= 0.3 is 12.1 Å². The summed E-state index contributed by atoms with van der Waals surface area (Å²) in [6.45, 7) is 7.20. The van der Waals surface area contributed by atoms with Crippen molar-refractivity contribution >= 4 is 30.2 Å². The lowest BCUT2D eigenvalue weighted by molar-refractivity contribution is -0.137. The molecule has 0 rings (SSSR count). The van der Waals surface area contributed by atoms with Crippen molar-refractivity contribution in [2.45, 2.75) is 77.9 Å². The fraction of sp³-hybridized carbons (Fsp3) is 0.750. The first-order valence-electron chi connectivity index (χ1n) is 10.3. The second kappa shape index (κ2) is 15.1. The monoisotopic (exact) mass is 465 g/mol. The van der Waals surface area contributed by atoms with Crippen LogP contribution in [0.3, 0.4) is 0 Å². The molecule has 3 amide bonds. The molecule has 0 aromatic rings. The van der Waals surface area contributed by atoms with E-state index in [1.807, 2.05) is 0 Å². The van der Waals surface area contributed by atoms with Crippen LogP contribution in [0.4, 0.5) is 13.6 Å². The number of amides is 3. The van der Waals surface area contributed by atoms with Crippen LogP contribution in [0.15, 0.2) is 0 Å². The number of carboxylic acid groups (broad SMARTS) is 1. The zero-order valence-electron chi connectivity index (χ0n) is 18.7. The third-order valence-electron chi connectivity index (χ3n) is 4.07. The maximum absolute atomic E-state index is 12.7. The third kappa shape index (κ3) is 13.5. The van der Waals surface area contributed by atoms with Gasteiger partial charge in [0.1, 0.15) is 18.4 Å². The molecule has 0 radical (unpaired) electrons. The van der Waals surface area contributed by atoms with E-state index in [1.54, 1.807) is 27.7 Å². The molecule has 10 nitrogen and oxygen atoms in total. The van der Waals surface area contributed by atoms with Crippen molar-refractivity contribution in [3.8, 4) is 0 Å². The standard InChI is InChI=1S/C20H33F2N3O7/c1-11(2)7-15(19(30)23-13(9-26)8-16(21)22)24-18(29)14(5-6-17(27)28)25-20(31)32-10-12(3)4/h9,11-16H,5-8,10H2,1-4H3,(H,23,30)(H,24,29)(H,25,31)(H,27,28). The van der Waals surface area contributed by atoms with Crippen molar-refractivity contribution in [3.63, 3.8) is 0 Å². The second-order valence-corrected chi connectivity index (χ2v) is 8.19. The maximum Gasteiger partial charge on any atom is 0.407 e. The molecule has 3 unspecified atom stereocenters. The molecule has 0 saturated carbocycles. The van der Waals surface area contributed by atoms with Crippen molar-refractivity contribution in [1.29, 1.82) is 0 Å². The zero-order chi connectivity index (χ0) is 24.8. The summed E-state index contributed by atoms with van der Waals surface area (Å²) in [5.74, 6) is -2.95. The van der Waals surface area contributed by atoms with E-state index in [4.69, 9.17) is 9.84 Å². The Kier molecular flexibility index (Phi) is 13.8. The Bertz CT molecular complexity index is 645. The van der Waals surface area contributed by atoms with Gasteiger partial charge in [0.15, 0.2) is 0 Å². The first-order valence-corrected chi connectivity index (χ1v) is 10.3. The van der Waals surface area contributed by atoms with Crippen molar-refractivity contribution in [2.75, 3.05) is 6.61 Å². The zero-order valence-corrected chi connectivity index (χ0v) is 18.7. The smallest absolute Gasteiger partial charge is 0.407 e. The van der Waals surface area contributed by atoms with Crippen LogP contribution in [0.1, 0.15) is 53.4 Å². The van der Waals surface area contributed by atoms with E-state index in [0.717, 1.165) is 0 Å². The lowest BCUT2D eigenvalue weighted by atomic mass is 10.0. The number of halogens is 2. The molecule has 4 N–H and O–H groups in total. The molecule has 3 atom stereocenters. The summed E-state index contributed by atoms with van der Waals surface area (Å²) < 4.78 is 30.1. The number of nitrogens with one attached hydrogen (secondary N) is 3. The molecule has 184 valence electrons. The minimum atomic E-state index is -2.81. The van der Waals surface area contributed by atoms with Crippen LogP contribution in [-0.2, 0) is 23.9 Å². The molecule has 0 aliphatic rings. The number of carbonyl (C=O) groups excluding carboxylic acids is 4. The summed E-state index contributed by atoms with van der Waals surface area (Å²) in [5, 5.41) is 15.8. The summed E-state index contributed by atoms with van der Waals surface area (Å²) in [4.78, 5) is 59.1. The van der Waals surface area contributed by atoms with E-state index in [1.165, 1.54) is 0 Å². The van der Waals surface area contributed by atoms with Gasteiger partial charge in [-0.3, -0.25) is 14.4 Å². The molecule has 0 bridgehead atoms. The summed E-state index contributed by atoms with van der Waals surface area (Å²) in [7, 11) is 0. The normalized spacial score (nSPS) is 13.9. The summed E-state index contributed by atoms with van der Waals surface area (Å²) >= 11 is 0. The molecule has 32 heavy (non-hydrogen) atoms. The highest BCUT2D eigenvalue weighted by molar-refractivity contribution is 5.92. The Balaban J connectivity index is 5.34. The number of hydrogen-bond donors (Lipinski definition) is 4. The van der Waals surface area contributed by atoms with Crippen LogP contribution in [0.5, 0.6) is 0 Å². The van der Waals surface area contributed by atoms with Crippen LogP contribution >= 0.6 is 0 Å². The average molecular weight is 465 g/mol. The SMILES string of the molecule is CC(C)COC(=O)NC(CCC(=O)O)C(=O)NC(CC(C)C)C(=O)NC(C=O)CC(F)F. The van der Waals surface area contributed by atoms with Gasteiger partial charge in [-0.25, -0.2) is 13.6 Å². The number of alkyl halides is 2. The minimum Gasteiger partial charge on any atom is -0.481 e. The number of rotatable bonds is 15. The van der Waals surface area contributed by atoms with E-state index >= 15 is 0 Å². The Labute approximate surface area is 185 Å². The van der Waals surface area contributed by atoms with Gasteiger partial charge in [-0.1, -0.05) is 27.7 Å². The number of ether oxygens (including phenoxy) is 1. The second-order valence-electron chi connectivity index (χ2n) is 8.19. The van der Waals surface area contributed by atoms with Gasteiger partial charge in [-0.2, -0.15) is 0 Å². The van der Waals surface area contributed by atoms with E-state index in [-0.39, 0.29) is 37.6 Å². The summed E-state index contributed by atoms with van der Waals surface area (Å²) in [5.41, 5.74) is 0. The first kappa shape index (κ1) is 29.2. The lowest BCUT2D eigenvalue weighted by Crippen LogP contribution is -2.55.